The van der Waals surface area contributed by atoms with Crippen LogP contribution in [0.15, 0.2) is 52.7 Å². The van der Waals surface area contributed by atoms with Crippen LogP contribution < -0.4 is 10.1 Å². The molecule has 0 fully saturated rings. The third-order valence-electron chi connectivity index (χ3n) is 5.35. The van der Waals surface area contributed by atoms with Gasteiger partial charge in [0.1, 0.15) is 12.2 Å². The van der Waals surface area contributed by atoms with Gasteiger partial charge in [-0.25, -0.2) is 4.39 Å². The van der Waals surface area contributed by atoms with Crippen LogP contribution in [-0.4, -0.2) is 34.3 Å². The van der Waals surface area contributed by atoms with Crippen LogP contribution in [-0.2, 0) is 11.3 Å². The number of halogens is 1. The molecule has 0 saturated heterocycles. The lowest BCUT2D eigenvalue weighted by Crippen LogP contribution is -2.28. The summed E-state index contributed by atoms with van der Waals surface area (Å²) in [6.45, 7) is 0.783. The van der Waals surface area contributed by atoms with Crippen molar-refractivity contribution < 1.29 is 18.4 Å². The van der Waals surface area contributed by atoms with E-state index in [1.165, 1.54) is 37.7 Å². The number of ether oxygens (including phenoxy) is 1. The van der Waals surface area contributed by atoms with Crippen molar-refractivity contribution in [2.75, 3.05) is 13.7 Å². The largest absolute Gasteiger partial charge is 0.494 e. The molecule has 4 rings (SSSR count). The minimum atomic E-state index is -0.504. The van der Waals surface area contributed by atoms with Crippen LogP contribution in [0, 0.1) is 5.82 Å². The highest BCUT2D eigenvalue weighted by molar-refractivity contribution is 5.76. The van der Waals surface area contributed by atoms with Crippen LogP contribution in [0.1, 0.15) is 32.1 Å². The molecule has 0 atom stereocenters. The van der Waals surface area contributed by atoms with Gasteiger partial charge in [-0.15, -0.1) is 0 Å². The summed E-state index contributed by atoms with van der Waals surface area (Å²) in [5.74, 6) is 0.0826. The fourth-order valence-corrected chi connectivity index (χ4v) is 3.70. The Hall–Kier alpha value is -3.42. The van der Waals surface area contributed by atoms with Gasteiger partial charge >= 0.3 is 0 Å². The standard InChI is InChI=1S/C23H25FN4O3/c1-30-20-10-9-17(14-18(20)24)22-26-23(31-27-22)19-8-5-13-28(19)15-21(29)25-12-11-16-6-3-2-4-7-16/h5-6,8-10,13-14H,2-4,7,11-12,15H2,1H3,(H,25,29). The monoisotopic (exact) mass is 424 g/mol. The van der Waals surface area contributed by atoms with E-state index in [4.69, 9.17) is 9.26 Å². The Balaban J connectivity index is 1.39. The molecule has 1 aliphatic carbocycles. The number of carbonyl (C=O) groups excluding carboxylic acids is 1. The van der Waals surface area contributed by atoms with Crippen LogP contribution in [0.4, 0.5) is 4.39 Å². The van der Waals surface area contributed by atoms with E-state index in [0.29, 0.717) is 17.8 Å². The molecule has 1 aliphatic rings. The van der Waals surface area contributed by atoms with E-state index in [1.54, 1.807) is 22.9 Å². The third kappa shape index (κ3) is 5.02. The highest BCUT2D eigenvalue weighted by atomic mass is 19.1. The van der Waals surface area contributed by atoms with E-state index in [1.807, 2.05) is 6.07 Å². The van der Waals surface area contributed by atoms with Crippen molar-refractivity contribution in [1.29, 1.82) is 0 Å². The number of amides is 1. The van der Waals surface area contributed by atoms with Gasteiger partial charge in [-0.1, -0.05) is 16.8 Å². The molecule has 1 amide bonds. The number of hydrogen-bond donors (Lipinski definition) is 1. The molecule has 162 valence electrons. The average molecular weight is 424 g/mol. The van der Waals surface area contributed by atoms with Crippen LogP contribution in [0.2, 0.25) is 0 Å². The molecule has 3 aromatic rings. The first-order valence-electron chi connectivity index (χ1n) is 10.4. The molecule has 0 aliphatic heterocycles. The first kappa shape index (κ1) is 20.8. The zero-order valence-corrected chi connectivity index (χ0v) is 17.4. The van der Waals surface area contributed by atoms with Crippen molar-refractivity contribution in [1.82, 2.24) is 20.0 Å². The predicted molar refractivity (Wildman–Crippen MR) is 114 cm³/mol. The van der Waals surface area contributed by atoms with Crippen molar-refractivity contribution in [2.24, 2.45) is 0 Å². The van der Waals surface area contributed by atoms with Gasteiger partial charge in [0.2, 0.25) is 11.7 Å². The molecule has 0 spiro atoms. The number of aromatic nitrogens is 3. The maximum atomic E-state index is 14.0. The number of benzene rings is 1. The maximum Gasteiger partial charge on any atom is 0.274 e. The van der Waals surface area contributed by atoms with Crippen molar-refractivity contribution in [2.45, 2.75) is 38.6 Å². The van der Waals surface area contributed by atoms with Crippen molar-refractivity contribution >= 4 is 5.91 Å². The number of carbonyl (C=O) groups is 1. The second-order valence-corrected chi connectivity index (χ2v) is 7.50. The lowest BCUT2D eigenvalue weighted by molar-refractivity contribution is -0.121. The fraction of sp³-hybridized carbons (Fsp3) is 0.348. The minimum absolute atomic E-state index is 0.0779. The van der Waals surface area contributed by atoms with Gasteiger partial charge < -0.3 is 19.1 Å². The van der Waals surface area contributed by atoms with E-state index in [2.05, 4.69) is 21.5 Å². The Morgan fingerprint density at radius 2 is 2.23 bits per heavy atom. The van der Waals surface area contributed by atoms with Crippen molar-refractivity contribution in [3.63, 3.8) is 0 Å². The van der Waals surface area contributed by atoms with Crippen molar-refractivity contribution in [3.05, 3.63) is 54.0 Å². The van der Waals surface area contributed by atoms with Gasteiger partial charge in [-0.05, 0) is 62.4 Å². The second kappa shape index (κ2) is 9.59. The zero-order chi connectivity index (χ0) is 21.6. The smallest absolute Gasteiger partial charge is 0.274 e. The summed E-state index contributed by atoms with van der Waals surface area (Å²) < 4.78 is 26.0. The normalized spacial score (nSPS) is 13.7. The van der Waals surface area contributed by atoms with E-state index in [9.17, 15) is 9.18 Å². The molecule has 2 heterocycles. The molecule has 8 heteroatoms. The van der Waals surface area contributed by atoms with Gasteiger partial charge in [0, 0.05) is 18.3 Å². The third-order valence-corrected chi connectivity index (χ3v) is 5.35. The fourth-order valence-electron chi connectivity index (χ4n) is 3.70. The number of hydrogen-bond acceptors (Lipinski definition) is 5. The molecule has 0 bridgehead atoms. The quantitative estimate of drug-likeness (QED) is 0.544. The molecular weight excluding hydrogens is 399 g/mol. The molecule has 0 unspecified atom stereocenters. The molecule has 0 saturated carbocycles. The van der Waals surface area contributed by atoms with Gasteiger partial charge in [0.25, 0.3) is 5.89 Å². The van der Waals surface area contributed by atoms with Gasteiger partial charge in [0.05, 0.1) is 7.11 Å². The lowest BCUT2D eigenvalue weighted by atomic mass is 9.97. The molecule has 31 heavy (non-hydrogen) atoms. The Morgan fingerprint density at radius 1 is 1.32 bits per heavy atom. The lowest BCUT2D eigenvalue weighted by Gasteiger charge is -2.13. The van der Waals surface area contributed by atoms with Crippen LogP contribution >= 0.6 is 0 Å². The highest BCUT2D eigenvalue weighted by Gasteiger charge is 2.16. The summed E-state index contributed by atoms with van der Waals surface area (Å²) in [4.78, 5) is 16.8. The summed E-state index contributed by atoms with van der Waals surface area (Å²) in [5, 5.41) is 6.92. The number of nitrogens with one attached hydrogen (secondary N) is 1. The molecule has 1 N–H and O–H groups in total. The number of nitrogens with zero attached hydrogens (tertiary/aromatic N) is 3. The highest BCUT2D eigenvalue weighted by Crippen LogP contribution is 2.26. The summed E-state index contributed by atoms with van der Waals surface area (Å²) in [5.41, 5.74) is 2.53. The minimum Gasteiger partial charge on any atom is -0.494 e. The Morgan fingerprint density at radius 3 is 3.00 bits per heavy atom. The van der Waals surface area contributed by atoms with Crippen LogP contribution in [0.25, 0.3) is 23.0 Å². The van der Waals surface area contributed by atoms with E-state index >= 15 is 0 Å². The maximum absolute atomic E-state index is 14.0. The second-order valence-electron chi connectivity index (χ2n) is 7.50. The van der Waals surface area contributed by atoms with Crippen molar-refractivity contribution in [3.8, 4) is 28.7 Å². The molecule has 7 nitrogen and oxygen atoms in total. The van der Waals surface area contributed by atoms with Gasteiger partial charge in [-0.3, -0.25) is 4.79 Å². The zero-order valence-electron chi connectivity index (χ0n) is 17.4. The topological polar surface area (TPSA) is 82.2 Å². The molecule has 0 radical (unpaired) electrons. The number of allylic oxidation sites excluding steroid dienone is 1. The first-order chi connectivity index (χ1) is 15.1. The van der Waals surface area contributed by atoms with E-state index < -0.39 is 5.82 Å². The summed E-state index contributed by atoms with van der Waals surface area (Å²) in [6.07, 6.45) is 9.76. The Bertz CT molecular complexity index is 1090. The SMILES string of the molecule is COc1ccc(-c2noc(-c3cccn3CC(=O)NCCC3=CCCCC3)n2)cc1F. The average Bonchev–Trinajstić information content (AvgIpc) is 3.44. The molecule has 2 aromatic heterocycles. The molecular formula is C23H25FN4O3. The van der Waals surface area contributed by atoms with Crippen LogP contribution in [0.3, 0.4) is 0 Å². The number of methoxy groups -OCH3 is 1. The summed E-state index contributed by atoms with van der Waals surface area (Å²) in [6, 6.07) is 8.07. The molecule has 1 aromatic carbocycles. The van der Waals surface area contributed by atoms with Gasteiger partial charge in [-0.2, -0.15) is 4.98 Å². The predicted octanol–water partition coefficient (Wildman–Crippen LogP) is 4.36. The summed E-state index contributed by atoms with van der Waals surface area (Å²) in [7, 11) is 1.40. The summed E-state index contributed by atoms with van der Waals surface area (Å²) >= 11 is 0. The van der Waals surface area contributed by atoms with E-state index in [0.717, 1.165) is 19.3 Å². The van der Waals surface area contributed by atoms with E-state index in [-0.39, 0.29) is 29.9 Å². The first-order valence-corrected chi connectivity index (χ1v) is 10.4. The van der Waals surface area contributed by atoms with Crippen LogP contribution in [0.5, 0.6) is 5.75 Å². The number of rotatable bonds is 8. The Kier molecular flexibility index (Phi) is 6.45. The Labute approximate surface area is 179 Å². The van der Waals surface area contributed by atoms with Gasteiger partial charge in [0.15, 0.2) is 11.6 Å².